The van der Waals surface area contributed by atoms with Crippen molar-refractivity contribution < 1.29 is 9.53 Å². The van der Waals surface area contributed by atoms with Crippen LogP contribution in [0.25, 0.3) is 0 Å². The summed E-state index contributed by atoms with van der Waals surface area (Å²) in [5, 5.41) is 0. The Labute approximate surface area is 123 Å². The third kappa shape index (κ3) is 3.30. The SMILES string of the molecule is CC1CCc2ccc(Br)cc2N1C(=O)OC(C)(C)C. The smallest absolute Gasteiger partial charge is 0.415 e. The van der Waals surface area contributed by atoms with Crippen molar-refractivity contribution in [3.05, 3.63) is 28.2 Å². The first-order valence-electron chi connectivity index (χ1n) is 6.58. The number of nitrogens with zero attached hydrogens (tertiary/aromatic N) is 1. The van der Waals surface area contributed by atoms with Gasteiger partial charge in [0.1, 0.15) is 5.60 Å². The monoisotopic (exact) mass is 325 g/mol. The number of carbonyl (C=O) groups is 1. The lowest BCUT2D eigenvalue weighted by molar-refractivity contribution is 0.0563. The molecule has 1 unspecified atom stereocenters. The molecule has 2 rings (SSSR count). The number of ether oxygens (including phenoxy) is 1. The number of hydrogen-bond donors (Lipinski definition) is 0. The summed E-state index contributed by atoms with van der Waals surface area (Å²) in [5.74, 6) is 0. The van der Waals surface area contributed by atoms with Crippen molar-refractivity contribution in [1.82, 2.24) is 0 Å². The molecular formula is C15H20BrNO2. The second-order valence-electron chi connectivity index (χ2n) is 6.01. The van der Waals surface area contributed by atoms with Gasteiger partial charge in [-0.2, -0.15) is 0 Å². The Morgan fingerprint density at radius 3 is 2.74 bits per heavy atom. The fraction of sp³-hybridized carbons (Fsp3) is 0.533. The standard InChI is InChI=1S/C15H20BrNO2/c1-10-5-6-11-7-8-12(16)9-13(11)17(10)14(18)19-15(2,3)4/h7-10H,5-6H2,1-4H3. The van der Waals surface area contributed by atoms with Crippen LogP contribution in [0.1, 0.15) is 39.7 Å². The number of rotatable bonds is 0. The molecule has 3 nitrogen and oxygen atoms in total. The first kappa shape index (κ1) is 14.4. The molecular weight excluding hydrogens is 306 g/mol. The highest BCUT2D eigenvalue weighted by atomic mass is 79.9. The predicted molar refractivity (Wildman–Crippen MR) is 80.6 cm³/mol. The van der Waals surface area contributed by atoms with Crippen molar-refractivity contribution in [3.8, 4) is 0 Å². The molecule has 1 atom stereocenters. The van der Waals surface area contributed by atoms with Crippen LogP contribution in [0.3, 0.4) is 0 Å². The minimum atomic E-state index is -0.472. The first-order valence-corrected chi connectivity index (χ1v) is 7.38. The average molecular weight is 326 g/mol. The van der Waals surface area contributed by atoms with Crippen molar-refractivity contribution in [1.29, 1.82) is 0 Å². The summed E-state index contributed by atoms with van der Waals surface area (Å²) >= 11 is 3.47. The maximum Gasteiger partial charge on any atom is 0.415 e. The van der Waals surface area contributed by atoms with Gasteiger partial charge in [0.05, 0.1) is 5.69 Å². The van der Waals surface area contributed by atoms with Crippen LogP contribution in [0, 0.1) is 0 Å². The molecule has 0 spiro atoms. The molecule has 1 heterocycles. The molecule has 1 aliphatic heterocycles. The van der Waals surface area contributed by atoms with Crippen LogP contribution in [0.5, 0.6) is 0 Å². The van der Waals surface area contributed by atoms with Crippen molar-refractivity contribution in [2.45, 2.75) is 52.2 Å². The van der Waals surface area contributed by atoms with E-state index < -0.39 is 5.60 Å². The van der Waals surface area contributed by atoms with E-state index in [0.717, 1.165) is 23.0 Å². The molecule has 1 aliphatic rings. The molecule has 0 saturated heterocycles. The Hall–Kier alpha value is -1.03. The Morgan fingerprint density at radius 1 is 1.42 bits per heavy atom. The van der Waals surface area contributed by atoms with Crippen LogP contribution < -0.4 is 4.90 Å². The van der Waals surface area contributed by atoms with Gasteiger partial charge in [0.15, 0.2) is 0 Å². The lowest BCUT2D eigenvalue weighted by Crippen LogP contribution is -2.44. The second-order valence-corrected chi connectivity index (χ2v) is 6.93. The Bertz CT molecular complexity index is 493. The van der Waals surface area contributed by atoms with Gasteiger partial charge in [-0.3, -0.25) is 4.90 Å². The molecule has 19 heavy (non-hydrogen) atoms. The second kappa shape index (κ2) is 5.16. The lowest BCUT2D eigenvalue weighted by atomic mass is 9.97. The Balaban J connectivity index is 2.35. The summed E-state index contributed by atoms with van der Waals surface area (Å²) in [7, 11) is 0. The zero-order chi connectivity index (χ0) is 14.2. The van der Waals surface area contributed by atoms with Gasteiger partial charge in [0, 0.05) is 10.5 Å². The molecule has 1 amide bonds. The van der Waals surface area contributed by atoms with Gasteiger partial charge in [-0.05, 0) is 58.2 Å². The predicted octanol–water partition coefficient (Wildman–Crippen LogP) is 4.53. The molecule has 1 aromatic rings. The van der Waals surface area contributed by atoms with Gasteiger partial charge in [-0.25, -0.2) is 4.79 Å². The fourth-order valence-electron chi connectivity index (χ4n) is 2.29. The van der Waals surface area contributed by atoms with Crippen LogP contribution in [0.15, 0.2) is 22.7 Å². The van der Waals surface area contributed by atoms with E-state index in [9.17, 15) is 4.79 Å². The third-order valence-corrected chi connectivity index (χ3v) is 3.66. The highest BCUT2D eigenvalue weighted by molar-refractivity contribution is 9.10. The van der Waals surface area contributed by atoms with Crippen molar-refractivity contribution >= 4 is 27.7 Å². The number of anilines is 1. The number of aryl methyl sites for hydroxylation is 1. The minimum absolute atomic E-state index is 0.164. The van der Waals surface area contributed by atoms with Crippen molar-refractivity contribution in [3.63, 3.8) is 0 Å². The number of carbonyl (C=O) groups excluding carboxylic acids is 1. The van der Waals surface area contributed by atoms with Crippen LogP contribution in [0.2, 0.25) is 0 Å². The third-order valence-electron chi connectivity index (χ3n) is 3.17. The molecule has 1 aromatic carbocycles. The van der Waals surface area contributed by atoms with Crippen LogP contribution in [-0.4, -0.2) is 17.7 Å². The van der Waals surface area contributed by atoms with Crippen LogP contribution >= 0.6 is 15.9 Å². The summed E-state index contributed by atoms with van der Waals surface area (Å²) in [6.07, 6.45) is 1.70. The van der Waals surface area contributed by atoms with E-state index in [-0.39, 0.29) is 12.1 Å². The van der Waals surface area contributed by atoms with Gasteiger partial charge in [0.2, 0.25) is 0 Å². The van der Waals surface area contributed by atoms with E-state index in [1.165, 1.54) is 5.56 Å². The normalized spacial score (nSPS) is 19.0. The highest BCUT2D eigenvalue weighted by Crippen LogP contribution is 2.34. The van der Waals surface area contributed by atoms with Gasteiger partial charge in [0.25, 0.3) is 0 Å². The summed E-state index contributed by atoms with van der Waals surface area (Å²) < 4.78 is 6.50. The molecule has 104 valence electrons. The molecule has 0 N–H and O–H groups in total. The van der Waals surface area contributed by atoms with Crippen molar-refractivity contribution in [2.75, 3.05) is 4.90 Å². The average Bonchev–Trinajstić information content (AvgIpc) is 2.25. The van der Waals surface area contributed by atoms with E-state index in [2.05, 4.69) is 28.9 Å². The van der Waals surface area contributed by atoms with Gasteiger partial charge >= 0.3 is 6.09 Å². The van der Waals surface area contributed by atoms with Gasteiger partial charge < -0.3 is 4.74 Å². The largest absolute Gasteiger partial charge is 0.443 e. The maximum atomic E-state index is 12.4. The molecule has 0 aromatic heterocycles. The fourth-order valence-corrected chi connectivity index (χ4v) is 2.64. The summed E-state index contributed by atoms with van der Waals surface area (Å²) in [6, 6.07) is 6.25. The number of amides is 1. The zero-order valence-electron chi connectivity index (χ0n) is 11.9. The number of benzene rings is 1. The summed E-state index contributed by atoms with van der Waals surface area (Å²) in [6.45, 7) is 7.73. The summed E-state index contributed by atoms with van der Waals surface area (Å²) in [5.41, 5.74) is 1.69. The topological polar surface area (TPSA) is 29.5 Å². The molecule has 0 radical (unpaired) electrons. The zero-order valence-corrected chi connectivity index (χ0v) is 13.5. The first-order chi connectivity index (χ1) is 8.78. The number of fused-ring (bicyclic) bond motifs is 1. The molecule has 4 heteroatoms. The summed E-state index contributed by atoms with van der Waals surface area (Å²) in [4.78, 5) is 14.2. The van der Waals surface area contributed by atoms with Crippen molar-refractivity contribution in [2.24, 2.45) is 0 Å². The van der Waals surface area contributed by atoms with Gasteiger partial charge in [-0.1, -0.05) is 22.0 Å². The van der Waals surface area contributed by atoms with E-state index in [1.807, 2.05) is 32.9 Å². The highest BCUT2D eigenvalue weighted by Gasteiger charge is 2.31. The number of halogens is 1. The van der Waals surface area contributed by atoms with Crippen LogP contribution in [-0.2, 0) is 11.2 Å². The molecule has 0 fully saturated rings. The molecule has 0 bridgehead atoms. The van der Waals surface area contributed by atoms with Crippen LogP contribution in [0.4, 0.5) is 10.5 Å². The number of hydrogen-bond acceptors (Lipinski definition) is 2. The molecule has 0 saturated carbocycles. The maximum absolute atomic E-state index is 12.4. The van der Waals surface area contributed by atoms with E-state index in [0.29, 0.717) is 0 Å². The quantitative estimate of drug-likeness (QED) is 0.701. The van der Waals surface area contributed by atoms with E-state index in [4.69, 9.17) is 4.74 Å². The molecule has 0 aliphatic carbocycles. The van der Waals surface area contributed by atoms with E-state index >= 15 is 0 Å². The minimum Gasteiger partial charge on any atom is -0.443 e. The lowest BCUT2D eigenvalue weighted by Gasteiger charge is -2.36. The Morgan fingerprint density at radius 2 is 2.11 bits per heavy atom. The van der Waals surface area contributed by atoms with Gasteiger partial charge in [-0.15, -0.1) is 0 Å². The van der Waals surface area contributed by atoms with E-state index in [1.54, 1.807) is 4.90 Å². The Kier molecular flexibility index (Phi) is 3.90.